The molecule has 1 atom stereocenters. The third kappa shape index (κ3) is 3.69. The molecule has 2 aliphatic rings. The maximum absolute atomic E-state index is 12.5. The van der Waals surface area contributed by atoms with Gasteiger partial charge in [0.05, 0.1) is 18.2 Å². The molecule has 0 spiro atoms. The molecule has 1 aromatic rings. The number of amides is 2. The molecule has 2 heterocycles. The van der Waals surface area contributed by atoms with Crippen LogP contribution in [0.2, 0.25) is 0 Å². The lowest BCUT2D eigenvalue weighted by atomic mass is 9.95. The van der Waals surface area contributed by atoms with Crippen LogP contribution < -0.4 is 20.1 Å². The van der Waals surface area contributed by atoms with Crippen molar-refractivity contribution in [1.29, 1.82) is 0 Å². The molecule has 2 amide bonds. The molecular weight excluding hydrogens is 328 g/mol. The molecule has 3 rings (SSSR count). The Morgan fingerprint density at radius 1 is 1.28 bits per heavy atom. The normalized spacial score (nSPS) is 18.6. The molecule has 0 saturated heterocycles. The standard InChI is InChI=1S/C17H20N2O6/c1-3-22-6-7-23-16(20)14-10(2)18-17(21)19-15(14)11-4-5-12-13(8-11)25-9-24-12/h4-5,8,15H,3,6-7,9H2,1-2H3,(H2,18,19,21)/t15-/m0/s1. The molecule has 0 unspecified atom stereocenters. The summed E-state index contributed by atoms with van der Waals surface area (Å²) in [5, 5.41) is 5.36. The zero-order chi connectivity index (χ0) is 17.8. The van der Waals surface area contributed by atoms with E-state index in [9.17, 15) is 9.59 Å². The van der Waals surface area contributed by atoms with Crippen molar-refractivity contribution in [3.63, 3.8) is 0 Å². The van der Waals surface area contributed by atoms with Crippen LogP contribution in [0.4, 0.5) is 4.79 Å². The first-order chi connectivity index (χ1) is 12.1. The average Bonchev–Trinajstić information content (AvgIpc) is 3.05. The van der Waals surface area contributed by atoms with Gasteiger partial charge in [-0.25, -0.2) is 9.59 Å². The Kier molecular flexibility index (Phi) is 5.08. The highest BCUT2D eigenvalue weighted by Crippen LogP contribution is 2.36. The van der Waals surface area contributed by atoms with E-state index in [0.717, 1.165) is 0 Å². The van der Waals surface area contributed by atoms with E-state index < -0.39 is 12.0 Å². The van der Waals surface area contributed by atoms with Crippen molar-refractivity contribution in [2.45, 2.75) is 19.9 Å². The lowest BCUT2D eigenvalue weighted by molar-refractivity contribution is -0.141. The highest BCUT2D eigenvalue weighted by molar-refractivity contribution is 5.95. The Morgan fingerprint density at radius 2 is 2.08 bits per heavy atom. The van der Waals surface area contributed by atoms with E-state index in [-0.39, 0.29) is 19.4 Å². The molecule has 1 aromatic carbocycles. The van der Waals surface area contributed by atoms with Crippen molar-refractivity contribution < 1.29 is 28.5 Å². The summed E-state index contributed by atoms with van der Waals surface area (Å²) in [6.45, 7) is 4.70. The number of allylic oxidation sites excluding steroid dienone is 1. The molecule has 2 N–H and O–H groups in total. The average molecular weight is 348 g/mol. The SMILES string of the molecule is CCOCCOC(=O)C1=C(C)NC(=O)N[C@H]1c1ccc2c(c1)OCO2. The van der Waals surface area contributed by atoms with Crippen molar-refractivity contribution in [1.82, 2.24) is 10.6 Å². The van der Waals surface area contributed by atoms with Crippen LogP contribution in [0.3, 0.4) is 0 Å². The van der Waals surface area contributed by atoms with Crippen molar-refractivity contribution in [2.24, 2.45) is 0 Å². The zero-order valence-electron chi connectivity index (χ0n) is 14.1. The highest BCUT2D eigenvalue weighted by Gasteiger charge is 2.33. The van der Waals surface area contributed by atoms with E-state index in [1.165, 1.54) is 0 Å². The number of ether oxygens (including phenoxy) is 4. The smallest absolute Gasteiger partial charge is 0.338 e. The molecule has 134 valence electrons. The lowest BCUT2D eigenvalue weighted by Gasteiger charge is -2.28. The first kappa shape index (κ1) is 17.1. The summed E-state index contributed by atoms with van der Waals surface area (Å²) in [6, 6.07) is 4.26. The lowest BCUT2D eigenvalue weighted by Crippen LogP contribution is -2.45. The number of fused-ring (bicyclic) bond motifs is 1. The number of hydrogen-bond donors (Lipinski definition) is 2. The van der Waals surface area contributed by atoms with Gasteiger partial charge in [-0.15, -0.1) is 0 Å². The van der Waals surface area contributed by atoms with Gasteiger partial charge >= 0.3 is 12.0 Å². The molecule has 0 aromatic heterocycles. The minimum absolute atomic E-state index is 0.144. The molecule has 8 heteroatoms. The van der Waals surface area contributed by atoms with Crippen LogP contribution >= 0.6 is 0 Å². The van der Waals surface area contributed by atoms with Crippen LogP contribution in [-0.2, 0) is 14.3 Å². The Morgan fingerprint density at radius 3 is 2.88 bits per heavy atom. The van der Waals surface area contributed by atoms with Gasteiger partial charge in [0, 0.05) is 12.3 Å². The fourth-order valence-electron chi connectivity index (χ4n) is 2.72. The number of esters is 1. The number of nitrogens with one attached hydrogen (secondary N) is 2. The van der Waals surface area contributed by atoms with Crippen molar-refractivity contribution in [3.05, 3.63) is 35.0 Å². The zero-order valence-corrected chi connectivity index (χ0v) is 14.1. The summed E-state index contributed by atoms with van der Waals surface area (Å²) in [5.74, 6) is 0.699. The van der Waals surface area contributed by atoms with Gasteiger partial charge in [0.15, 0.2) is 11.5 Å². The third-order valence-corrected chi connectivity index (χ3v) is 3.88. The molecule has 0 saturated carbocycles. The van der Waals surface area contributed by atoms with E-state index in [1.807, 2.05) is 6.92 Å². The predicted octanol–water partition coefficient (Wildman–Crippen LogP) is 1.62. The second kappa shape index (κ2) is 7.43. The number of carbonyl (C=O) groups excluding carboxylic acids is 2. The van der Waals surface area contributed by atoms with E-state index >= 15 is 0 Å². The van der Waals surface area contributed by atoms with Crippen LogP contribution in [0.5, 0.6) is 11.5 Å². The highest BCUT2D eigenvalue weighted by atomic mass is 16.7. The largest absolute Gasteiger partial charge is 0.460 e. The maximum atomic E-state index is 12.5. The Hall–Kier alpha value is -2.74. The van der Waals surface area contributed by atoms with Gasteiger partial charge in [0.25, 0.3) is 0 Å². The number of urea groups is 1. The van der Waals surface area contributed by atoms with E-state index in [4.69, 9.17) is 18.9 Å². The number of benzene rings is 1. The van der Waals surface area contributed by atoms with Crippen LogP contribution in [0.25, 0.3) is 0 Å². The molecule has 0 bridgehead atoms. The van der Waals surface area contributed by atoms with Crippen LogP contribution in [0, 0.1) is 0 Å². The summed E-state index contributed by atoms with van der Waals surface area (Å²) in [6.07, 6.45) is 0. The van der Waals surface area contributed by atoms with E-state index in [1.54, 1.807) is 25.1 Å². The Bertz CT molecular complexity index is 715. The topological polar surface area (TPSA) is 95.1 Å². The monoisotopic (exact) mass is 348 g/mol. The summed E-state index contributed by atoms with van der Waals surface area (Å²) in [5.41, 5.74) is 1.50. The minimum atomic E-state index is -0.636. The van der Waals surface area contributed by atoms with Crippen molar-refractivity contribution in [3.8, 4) is 11.5 Å². The predicted molar refractivity (Wildman–Crippen MR) is 87.1 cm³/mol. The molecule has 0 fully saturated rings. The van der Waals surface area contributed by atoms with E-state index in [0.29, 0.717) is 41.5 Å². The maximum Gasteiger partial charge on any atom is 0.338 e. The number of carbonyl (C=O) groups is 2. The van der Waals surface area contributed by atoms with Gasteiger partial charge in [-0.1, -0.05) is 6.07 Å². The summed E-state index contributed by atoms with van der Waals surface area (Å²) >= 11 is 0. The number of hydrogen-bond acceptors (Lipinski definition) is 6. The second-order valence-corrected chi connectivity index (χ2v) is 5.52. The van der Waals surface area contributed by atoms with Gasteiger partial charge in [0.2, 0.25) is 6.79 Å². The molecule has 2 aliphatic heterocycles. The van der Waals surface area contributed by atoms with Gasteiger partial charge < -0.3 is 29.6 Å². The molecular formula is C17H20N2O6. The fourth-order valence-corrected chi connectivity index (χ4v) is 2.72. The number of rotatable bonds is 6. The van der Waals surface area contributed by atoms with Gasteiger partial charge in [-0.3, -0.25) is 0 Å². The van der Waals surface area contributed by atoms with Gasteiger partial charge in [-0.05, 0) is 31.5 Å². The van der Waals surface area contributed by atoms with Crippen molar-refractivity contribution in [2.75, 3.05) is 26.6 Å². The fraction of sp³-hybridized carbons (Fsp3) is 0.412. The first-order valence-electron chi connectivity index (χ1n) is 8.03. The minimum Gasteiger partial charge on any atom is -0.460 e. The first-order valence-corrected chi connectivity index (χ1v) is 8.03. The molecule has 0 radical (unpaired) electrons. The summed E-state index contributed by atoms with van der Waals surface area (Å²) < 4.78 is 21.1. The molecule has 8 nitrogen and oxygen atoms in total. The van der Waals surface area contributed by atoms with Gasteiger partial charge in [-0.2, -0.15) is 0 Å². The summed E-state index contributed by atoms with van der Waals surface area (Å²) in [7, 11) is 0. The third-order valence-electron chi connectivity index (χ3n) is 3.88. The van der Waals surface area contributed by atoms with Crippen LogP contribution in [0.1, 0.15) is 25.5 Å². The van der Waals surface area contributed by atoms with E-state index in [2.05, 4.69) is 10.6 Å². The molecule has 25 heavy (non-hydrogen) atoms. The van der Waals surface area contributed by atoms with Crippen LogP contribution in [0.15, 0.2) is 29.5 Å². The second-order valence-electron chi connectivity index (χ2n) is 5.52. The van der Waals surface area contributed by atoms with Crippen molar-refractivity contribution >= 4 is 12.0 Å². The van der Waals surface area contributed by atoms with Crippen LogP contribution in [-0.4, -0.2) is 38.6 Å². The van der Waals surface area contributed by atoms with Gasteiger partial charge in [0.1, 0.15) is 6.61 Å². The Labute approximate surface area is 145 Å². The molecule has 0 aliphatic carbocycles. The Balaban J connectivity index is 1.83. The summed E-state index contributed by atoms with van der Waals surface area (Å²) in [4.78, 5) is 24.4. The quantitative estimate of drug-likeness (QED) is 0.599.